The van der Waals surface area contributed by atoms with Gasteiger partial charge in [0.15, 0.2) is 6.10 Å². The van der Waals surface area contributed by atoms with E-state index in [0.717, 1.165) is 19.3 Å². The maximum atomic E-state index is 13.0. The summed E-state index contributed by atoms with van der Waals surface area (Å²) in [6.07, 6.45) is -3.35. The standard InChI is InChI=1S/C18H25F3O4/c1-2-24-13-7-5-3-4-6-8-16(18(19,20)21)25-17(23)14-9-11-15(22)12-10-14/h9-12,16,22H,2-8,13H2,1H3. The van der Waals surface area contributed by atoms with Crippen molar-refractivity contribution in [3.63, 3.8) is 0 Å². The molecule has 25 heavy (non-hydrogen) atoms. The largest absolute Gasteiger partial charge is 0.508 e. The van der Waals surface area contributed by atoms with E-state index in [0.29, 0.717) is 26.1 Å². The zero-order chi connectivity index (χ0) is 18.7. The van der Waals surface area contributed by atoms with Crippen LogP contribution in [0.3, 0.4) is 0 Å². The number of carbonyl (C=O) groups is 1. The van der Waals surface area contributed by atoms with Crippen molar-refractivity contribution < 1.29 is 32.5 Å². The van der Waals surface area contributed by atoms with Crippen molar-refractivity contribution >= 4 is 5.97 Å². The van der Waals surface area contributed by atoms with E-state index < -0.39 is 18.2 Å². The number of rotatable bonds is 11. The normalized spacial score (nSPS) is 12.8. The van der Waals surface area contributed by atoms with Crippen molar-refractivity contribution in [1.82, 2.24) is 0 Å². The quantitative estimate of drug-likeness (QED) is 0.451. The van der Waals surface area contributed by atoms with Crippen LogP contribution in [-0.4, -0.2) is 36.6 Å². The second-order valence-electron chi connectivity index (χ2n) is 5.74. The molecule has 0 fully saturated rings. The Morgan fingerprint density at radius 3 is 2.28 bits per heavy atom. The number of phenolic OH excluding ortho intramolecular Hbond substituents is 1. The van der Waals surface area contributed by atoms with Crippen LogP contribution in [0.4, 0.5) is 13.2 Å². The molecule has 1 rings (SSSR count). The number of aromatic hydroxyl groups is 1. The molecule has 1 atom stereocenters. The third-order valence-electron chi connectivity index (χ3n) is 3.68. The average Bonchev–Trinajstić information content (AvgIpc) is 2.55. The van der Waals surface area contributed by atoms with Gasteiger partial charge in [0, 0.05) is 13.2 Å². The van der Waals surface area contributed by atoms with E-state index in [1.54, 1.807) is 0 Å². The first-order valence-corrected chi connectivity index (χ1v) is 8.49. The van der Waals surface area contributed by atoms with Crippen LogP contribution in [0.25, 0.3) is 0 Å². The number of halogens is 3. The third-order valence-corrected chi connectivity index (χ3v) is 3.68. The summed E-state index contributed by atoms with van der Waals surface area (Å²) in [6, 6.07) is 4.90. The lowest BCUT2D eigenvalue weighted by atomic mass is 10.1. The van der Waals surface area contributed by atoms with Gasteiger partial charge in [0.05, 0.1) is 5.56 Å². The van der Waals surface area contributed by atoms with E-state index in [4.69, 9.17) is 9.84 Å². The molecule has 1 unspecified atom stereocenters. The molecule has 4 nitrogen and oxygen atoms in total. The molecule has 0 aliphatic rings. The fourth-order valence-corrected chi connectivity index (χ4v) is 2.29. The van der Waals surface area contributed by atoms with Crippen molar-refractivity contribution in [2.45, 2.75) is 57.7 Å². The number of ether oxygens (including phenoxy) is 2. The van der Waals surface area contributed by atoms with Crippen LogP contribution in [-0.2, 0) is 9.47 Å². The molecular weight excluding hydrogens is 337 g/mol. The molecule has 7 heteroatoms. The number of unbranched alkanes of at least 4 members (excludes halogenated alkanes) is 4. The number of hydrogen-bond acceptors (Lipinski definition) is 4. The van der Waals surface area contributed by atoms with Gasteiger partial charge in [-0.1, -0.05) is 19.3 Å². The first-order chi connectivity index (χ1) is 11.8. The van der Waals surface area contributed by atoms with Crippen LogP contribution < -0.4 is 0 Å². The number of phenols is 1. The highest BCUT2D eigenvalue weighted by Crippen LogP contribution is 2.28. The summed E-state index contributed by atoms with van der Waals surface area (Å²) in [4.78, 5) is 11.8. The molecular formula is C18H25F3O4. The van der Waals surface area contributed by atoms with E-state index in [1.807, 2.05) is 6.92 Å². The van der Waals surface area contributed by atoms with E-state index in [9.17, 15) is 18.0 Å². The zero-order valence-corrected chi connectivity index (χ0v) is 14.3. The van der Waals surface area contributed by atoms with Gasteiger partial charge in [0.25, 0.3) is 0 Å². The smallest absolute Gasteiger partial charge is 0.425 e. The molecule has 1 aromatic carbocycles. The maximum Gasteiger partial charge on any atom is 0.425 e. The molecule has 0 amide bonds. The Bertz CT molecular complexity index is 500. The van der Waals surface area contributed by atoms with E-state index in [2.05, 4.69) is 4.74 Å². The second kappa shape index (κ2) is 11.0. The molecule has 0 saturated heterocycles. The average molecular weight is 362 g/mol. The van der Waals surface area contributed by atoms with Crippen LogP contribution in [0.1, 0.15) is 55.8 Å². The summed E-state index contributed by atoms with van der Waals surface area (Å²) >= 11 is 0. The Hall–Kier alpha value is -1.76. The fourth-order valence-electron chi connectivity index (χ4n) is 2.29. The highest BCUT2D eigenvalue weighted by atomic mass is 19.4. The van der Waals surface area contributed by atoms with Gasteiger partial charge in [-0.2, -0.15) is 13.2 Å². The molecule has 0 aliphatic carbocycles. The van der Waals surface area contributed by atoms with Crippen molar-refractivity contribution in [2.24, 2.45) is 0 Å². The minimum Gasteiger partial charge on any atom is -0.508 e. The minimum absolute atomic E-state index is 0.0250. The lowest BCUT2D eigenvalue weighted by Crippen LogP contribution is -2.33. The van der Waals surface area contributed by atoms with E-state index in [1.165, 1.54) is 24.3 Å². The Labute approximate surface area is 145 Å². The van der Waals surface area contributed by atoms with Gasteiger partial charge in [0.2, 0.25) is 0 Å². The van der Waals surface area contributed by atoms with Gasteiger partial charge < -0.3 is 14.6 Å². The number of alkyl halides is 3. The molecule has 1 N–H and O–H groups in total. The lowest BCUT2D eigenvalue weighted by molar-refractivity contribution is -0.206. The molecule has 0 radical (unpaired) electrons. The molecule has 0 aromatic heterocycles. The molecule has 0 heterocycles. The summed E-state index contributed by atoms with van der Waals surface area (Å²) < 4.78 is 49.0. The summed E-state index contributed by atoms with van der Waals surface area (Å²) in [5.74, 6) is -1.12. The molecule has 1 aromatic rings. The highest BCUT2D eigenvalue weighted by Gasteiger charge is 2.42. The third kappa shape index (κ3) is 8.77. The maximum absolute atomic E-state index is 13.0. The molecule has 0 aliphatic heterocycles. The van der Waals surface area contributed by atoms with Crippen LogP contribution in [0.2, 0.25) is 0 Å². The van der Waals surface area contributed by atoms with Crippen molar-refractivity contribution in [1.29, 1.82) is 0 Å². The van der Waals surface area contributed by atoms with Crippen molar-refractivity contribution in [2.75, 3.05) is 13.2 Å². The van der Waals surface area contributed by atoms with E-state index in [-0.39, 0.29) is 17.7 Å². The monoisotopic (exact) mass is 362 g/mol. The topological polar surface area (TPSA) is 55.8 Å². The Morgan fingerprint density at radius 2 is 1.68 bits per heavy atom. The highest BCUT2D eigenvalue weighted by molar-refractivity contribution is 5.89. The van der Waals surface area contributed by atoms with Gasteiger partial charge in [-0.15, -0.1) is 0 Å². The summed E-state index contributed by atoms with van der Waals surface area (Å²) in [5.41, 5.74) is -0.0250. The van der Waals surface area contributed by atoms with Gasteiger partial charge >= 0.3 is 12.1 Å². The van der Waals surface area contributed by atoms with Crippen LogP contribution >= 0.6 is 0 Å². The molecule has 0 spiro atoms. The second-order valence-corrected chi connectivity index (χ2v) is 5.74. The van der Waals surface area contributed by atoms with Crippen LogP contribution in [0, 0.1) is 0 Å². The number of hydrogen-bond donors (Lipinski definition) is 1. The number of benzene rings is 1. The molecule has 0 bridgehead atoms. The minimum atomic E-state index is -4.60. The Balaban J connectivity index is 2.39. The number of carbonyl (C=O) groups excluding carboxylic acids is 1. The predicted molar refractivity (Wildman–Crippen MR) is 87.6 cm³/mol. The first kappa shape index (κ1) is 21.3. The summed E-state index contributed by atoms with van der Waals surface area (Å²) in [7, 11) is 0. The van der Waals surface area contributed by atoms with E-state index >= 15 is 0 Å². The number of esters is 1. The van der Waals surface area contributed by atoms with Crippen LogP contribution in [0.5, 0.6) is 5.75 Å². The van der Waals surface area contributed by atoms with Crippen molar-refractivity contribution in [3.8, 4) is 5.75 Å². The molecule has 0 saturated carbocycles. The SMILES string of the molecule is CCOCCCCCCCC(OC(=O)c1ccc(O)cc1)C(F)(F)F. The Morgan fingerprint density at radius 1 is 1.08 bits per heavy atom. The van der Waals surface area contributed by atoms with Gasteiger partial charge in [-0.25, -0.2) is 4.79 Å². The Kier molecular flexibility index (Phi) is 9.34. The van der Waals surface area contributed by atoms with Gasteiger partial charge in [-0.3, -0.25) is 0 Å². The van der Waals surface area contributed by atoms with Crippen LogP contribution in [0.15, 0.2) is 24.3 Å². The zero-order valence-electron chi connectivity index (χ0n) is 14.3. The fraction of sp³-hybridized carbons (Fsp3) is 0.611. The summed E-state index contributed by atoms with van der Waals surface area (Å²) in [5, 5.41) is 9.14. The predicted octanol–water partition coefficient (Wildman–Crippen LogP) is 4.86. The first-order valence-electron chi connectivity index (χ1n) is 8.49. The summed E-state index contributed by atoms with van der Waals surface area (Å²) in [6.45, 7) is 3.25. The van der Waals surface area contributed by atoms with Gasteiger partial charge in [-0.05, 0) is 50.5 Å². The molecule has 142 valence electrons. The lowest BCUT2D eigenvalue weighted by Gasteiger charge is -2.20. The van der Waals surface area contributed by atoms with Crippen molar-refractivity contribution in [3.05, 3.63) is 29.8 Å². The van der Waals surface area contributed by atoms with Gasteiger partial charge in [0.1, 0.15) is 5.75 Å².